The van der Waals surface area contributed by atoms with E-state index in [4.69, 9.17) is 5.73 Å². The quantitative estimate of drug-likeness (QED) is 0.927. The van der Waals surface area contributed by atoms with Gasteiger partial charge in [0.05, 0.1) is 6.04 Å². The van der Waals surface area contributed by atoms with E-state index < -0.39 is 0 Å². The van der Waals surface area contributed by atoms with Crippen LogP contribution in [0.5, 0.6) is 0 Å². The standard InChI is InChI=1S/C16H29N3S/c1-6-14(17)16(15-8-7-13(4)20-15)19-9-11(2)18(5)12(3)10-19/h7-8,11-12,14,16H,6,9-10,17H2,1-5H3. The Bertz CT molecular complexity index is 419. The lowest BCUT2D eigenvalue weighted by atomic mass is 9.99. The summed E-state index contributed by atoms with van der Waals surface area (Å²) in [5.41, 5.74) is 6.47. The lowest BCUT2D eigenvalue weighted by Gasteiger charge is -2.46. The SMILES string of the molecule is CCC(N)C(c1ccc(C)s1)N1CC(C)N(C)C(C)C1. The summed E-state index contributed by atoms with van der Waals surface area (Å²) in [6, 6.07) is 6.26. The molecule has 114 valence electrons. The summed E-state index contributed by atoms with van der Waals surface area (Å²) in [5.74, 6) is 0. The van der Waals surface area contributed by atoms with E-state index in [0.717, 1.165) is 19.5 Å². The number of aryl methyl sites for hydroxylation is 1. The Balaban J connectivity index is 2.23. The van der Waals surface area contributed by atoms with Crippen LogP contribution in [0.2, 0.25) is 0 Å². The van der Waals surface area contributed by atoms with Crippen molar-refractivity contribution in [2.24, 2.45) is 5.73 Å². The van der Waals surface area contributed by atoms with Crippen molar-refractivity contribution in [1.29, 1.82) is 0 Å². The minimum absolute atomic E-state index is 0.218. The summed E-state index contributed by atoms with van der Waals surface area (Å²) in [4.78, 5) is 7.89. The van der Waals surface area contributed by atoms with Crippen LogP contribution in [-0.2, 0) is 0 Å². The van der Waals surface area contributed by atoms with Crippen molar-refractivity contribution in [1.82, 2.24) is 9.80 Å². The van der Waals surface area contributed by atoms with Gasteiger partial charge in [-0.25, -0.2) is 0 Å². The molecular weight excluding hydrogens is 266 g/mol. The predicted octanol–water partition coefficient (Wildman–Crippen LogP) is 2.86. The molecule has 1 aliphatic heterocycles. The maximum Gasteiger partial charge on any atom is 0.0594 e. The van der Waals surface area contributed by atoms with Crippen molar-refractivity contribution < 1.29 is 0 Å². The summed E-state index contributed by atoms with van der Waals surface area (Å²) in [5, 5.41) is 0. The number of hydrogen-bond acceptors (Lipinski definition) is 4. The van der Waals surface area contributed by atoms with Gasteiger partial charge in [-0.2, -0.15) is 0 Å². The maximum atomic E-state index is 6.47. The van der Waals surface area contributed by atoms with E-state index in [0.29, 0.717) is 18.1 Å². The highest BCUT2D eigenvalue weighted by atomic mass is 32.1. The van der Waals surface area contributed by atoms with Gasteiger partial charge in [-0.1, -0.05) is 6.92 Å². The third-order valence-electron chi connectivity index (χ3n) is 4.71. The van der Waals surface area contributed by atoms with E-state index in [-0.39, 0.29) is 6.04 Å². The van der Waals surface area contributed by atoms with E-state index in [9.17, 15) is 0 Å². The highest BCUT2D eigenvalue weighted by Crippen LogP contribution is 2.33. The number of rotatable bonds is 4. The number of piperazine rings is 1. The van der Waals surface area contributed by atoms with Gasteiger partial charge in [-0.3, -0.25) is 9.80 Å². The molecule has 0 aromatic carbocycles. The average molecular weight is 295 g/mol. The molecule has 0 amide bonds. The molecule has 2 heterocycles. The first-order chi connectivity index (χ1) is 9.43. The van der Waals surface area contributed by atoms with Crippen LogP contribution in [0.1, 0.15) is 43.0 Å². The Kier molecular flexibility index (Phi) is 5.24. The van der Waals surface area contributed by atoms with Crippen molar-refractivity contribution in [2.75, 3.05) is 20.1 Å². The van der Waals surface area contributed by atoms with Crippen molar-refractivity contribution in [3.05, 3.63) is 21.9 Å². The summed E-state index contributed by atoms with van der Waals surface area (Å²) in [6.45, 7) is 11.2. The summed E-state index contributed by atoms with van der Waals surface area (Å²) in [6.07, 6.45) is 1.02. The fraction of sp³-hybridized carbons (Fsp3) is 0.750. The van der Waals surface area contributed by atoms with Crippen molar-refractivity contribution in [3.63, 3.8) is 0 Å². The lowest BCUT2D eigenvalue weighted by molar-refractivity contribution is 0.0264. The zero-order valence-electron chi connectivity index (χ0n) is 13.5. The third kappa shape index (κ3) is 3.25. The number of nitrogens with zero attached hydrogens (tertiary/aromatic N) is 2. The minimum Gasteiger partial charge on any atom is -0.326 e. The molecule has 1 aromatic rings. The molecule has 0 saturated carbocycles. The second kappa shape index (κ2) is 6.56. The van der Waals surface area contributed by atoms with Crippen molar-refractivity contribution in [3.8, 4) is 0 Å². The summed E-state index contributed by atoms with van der Waals surface area (Å²) >= 11 is 1.90. The molecule has 4 heteroatoms. The van der Waals surface area contributed by atoms with Crippen LogP contribution in [-0.4, -0.2) is 48.1 Å². The van der Waals surface area contributed by atoms with Crippen LogP contribution in [0.3, 0.4) is 0 Å². The topological polar surface area (TPSA) is 32.5 Å². The first-order valence-electron chi connectivity index (χ1n) is 7.72. The summed E-state index contributed by atoms with van der Waals surface area (Å²) < 4.78 is 0. The van der Waals surface area contributed by atoms with E-state index in [1.165, 1.54) is 9.75 Å². The molecule has 0 spiro atoms. The van der Waals surface area contributed by atoms with Crippen LogP contribution in [0, 0.1) is 6.92 Å². The van der Waals surface area contributed by atoms with Crippen LogP contribution in [0.25, 0.3) is 0 Å². The zero-order chi connectivity index (χ0) is 14.9. The fourth-order valence-corrected chi connectivity index (χ4v) is 4.26. The molecule has 1 aromatic heterocycles. The second-order valence-electron chi connectivity index (χ2n) is 6.28. The van der Waals surface area contributed by atoms with Crippen LogP contribution >= 0.6 is 11.3 Å². The minimum atomic E-state index is 0.218. The molecule has 0 aliphatic carbocycles. The highest BCUT2D eigenvalue weighted by Gasteiger charge is 2.34. The molecule has 4 unspecified atom stereocenters. The largest absolute Gasteiger partial charge is 0.326 e. The number of hydrogen-bond donors (Lipinski definition) is 1. The Labute approximate surface area is 127 Å². The number of likely N-dealkylation sites (N-methyl/N-ethyl adjacent to an activating group) is 1. The molecule has 4 atom stereocenters. The van der Waals surface area contributed by atoms with Crippen molar-refractivity contribution >= 4 is 11.3 Å². The van der Waals surface area contributed by atoms with E-state index in [1.54, 1.807) is 0 Å². The zero-order valence-corrected chi connectivity index (χ0v) is 14.3. The van der Waals surface area contributed by atoms with E-state index >= 15 is 0 Å². The van der Waals surface area contributed by atoms with Crippen LogP contribution in [0.4, 0.5) is 0 Å². The number of nitrogens with two attached hydrogens (primary N) is 1. The highest BCUT2D eigenvalue weighted by molar-refractivity contribution is 7.12. The Morgan fingerprint density at radius 2 is 1.90 bits per heavy atom. The normalized spacial score (nSPS) is 28.5. The Morgan fingerprint density at radius 3 is 2.35 bits per heavy atom. The number of thiophene rings is 1. The van der Waals surface area contributed by atoms with Gasteiger partial charge in [0, 0.05) is 41.0 Å². The molecular formula is C16H29N3S. The van der Waals surface area contributed by atoms with E-state index in [1.807, 2.05) is 11.3 Å². The molecule has 2 N–H and O–H groups in total. The average Bonchev–Trinajstić information content (AvgIpc) is 2.82. The second-order valence-corrected chi connectivity index (χ2v) is 7.60. The maximum absolute atomic E-state index is 6.47. The monoisotopic (exact) mass is 295 g/mol. The summed E-state index contributed by atoms with van der Waals surface area (Å²) in [7, 11) is 2.23. The fourth-order valence-electron chi connectivity index (χ4n) is 3.17. The molecule has 3 nitrogen and oxygen atoms in total. The predicted molar refractivity (Wildman–Crippen MR) is 88.3 cm³/mol. The Morgan fingerprint density at radius 1 is 1.30 bits per heavy atom. The Hall–Kier alpha value is -0.420. The smallest absolute Gasteiger partial charge is 0.0594 e. The van der Waals surface area contributed by atoms with Gasteiger partial charge in [0.15, 0.2) is 0 Å². The van der Waals surface area contributed by atoms with Gasteiger partial charge in [0.2, 0.25) is 0 Å². The molecule has 0 radical (unpaired) electrons. The van der Waals surface area contributed by atoms with Crippen molar-refractivity contribution in [2.45, 2.75) is 58.3 Å². The first kappa shape index (κ1) is 16.0. The lowest BCUT2D eigenvalue weighted by Crippen LogP contribution is -2.57. The molecule has 0 bridgehead atoms. The molecule has 1 fully saturated rings. The van der Waals surface area contributed by atoms with Gasteiger partial charge in [-0.05, 0) is 46.4 Å². The van der Waals surface area contributed by atoms with Crippen LogP contribution < -0.4 is 5.73 Å². The molecule has 2 rings (SSSR count). The molecule has 1 aliphatic rings. The van der Waals surface area contributed by atoms with Crippen LogP contribution in [0.15, 0.2) is 12.1 Å². The van der Waals surface area contributed by atoms with Gasteiger partial charge in [0.1, 0.15) is 0 Å². The molecule has 1 saturated heterocycles. The first-order valence-corrected chi connectivity index (χ1v) is 8.53. The van der Waals surface area contributed by atoms with E-state index in [2.05, 4.69) is 56.7 Å². The van der Waals surface area contributed by atoms with Gasteiger partial charge >= 0.3 is 0 Å². The van der Waals surface area contributed by atoms with Gasteiger partial charge in [-0.15, -0.1) is 11.3 Å². The third-order valence-corrected chi connectivity index (χ3v) is 5.78. The van der Waals surface area contributed by atoms with Gasteiger partial charge in [0.25, 0.3) is 0 Å². The molecule has 20 heavy (non-hydrogen) atoms. The van der Waals surface area contributed by atoms with Gasteiger partial charge < -0.3 is 5.73 Å².